The van der Waals surface area contributed by atoms with Gasteiger partial charge in [-0.2, -0.15) is 0 Å². The number of likely N-dealkylation sites (tertiary alicyclic amines) is 1. The van der Waals surface area contributed by atoms with E-state index < -0.39 is 0 Å². The van der Waals surface area contributed by atoms with Crippen molar-refractivity contribution in [3.05, 3.63) is 24.5 Å². The van der Waals surface area contributed by atoms with E-state index in [1.165, 1.54) is 12.8 Å². The van der Waals surface area contributed by atoms with Crippen molar-refractivity contribution in [3.63, 3.8) is 0 Å². The molecular formula is C14H22N4O. The summed E-state index contributed by atoms with van der Waals surface area (Å²) < 4.78 is 5.58. The van der Waals surface area contributed by atoms with Gasteiger partial charge in [-0.15, -0.1) is 0 Å². The molecule has 2 heterocycles. The Balaban J connectivity index is 1.78. The molecule has 5 nitrogen and oxygen atoms in total. The maximum atomic E-state index is 5.58. The minimum Gasteiger partial charge on any atom is -0.490 e. The highest BCUT2D eigenvalue weighted by atomic mass is 16.5. The van der Waals surface area contributed by atoms with Gasteiger partial charge in [-0.05, 0) is 31.9 Å². The van der Waals surface area contributed by atoms with E-state index in [0.717, 1.165) is 31.3 Å². The fraction of sp³-hybridized carbons (Fsp3) is 0.571. The van der Waals surface area contributed by atoms with Gasteiger partial charge in [0, 0.05) is 25.8 Å². The summed E-state index contributed by atoms with van der Waals surface area (Å²) in [7, 11) is 0. The average Bonchev–Trinajstić information content (AvgIpc) is 2.97. The minimum absolute atomic E-state index is 0.578. The van der Waals surface area contributed by atoms with Crippen LogP contribution in [0, 0.1) is 0 Å². The highest BCUT2D eigenvalue weighted by Gasteiger charge is 2.14. The highest BCUT2D eigenvalue weighted by molar-refractivity contribution is 5.80. The summed E-state index contributed by atoms with van der Waals surface area (Å²) in [6.07, 6.45) is 5.98. The molecule has 1 aliphatic rings. The third-order valence-electron chi connectivity index (χ3n) is 3.00. The Labute approximate surface area is 114 Å². The predicted octanol–water partition coefficient (Wildman–Crippen LogP) is 1.52. The Morgan fingerprint density at radius 2 is 2.32 bits per heavy atom. The van der Waals surface area contributed by atoms with Crippen LogP contribution >= 0.6 is 0 Å². The summed E-state index contributed by atoms with van der Waals surface area (Å²) in [5.41, 5.74) is 0. The Morgan fingerprint density at radius 1 is 1.47 bits per heavy atom. The van der Waals surface area contributed by atoms with Gasteiger partial charge in [0.2, 0.25) is 0 Å². The Bertz CT molecular complexity index is 388. The first-order valence-electron chi connectivity index (χ1n) is 6.96. The van der Waals surface area contributed by atoms with Gasteiger partial charge < -0.3 is 15.0 Å². The second-order valence-electron chi connectivity index (χ2n) is 4.47. The van der Waals surface area contributed by atoms with Crippen molar-refractivity contribution in [1.29, 1.82) is 0 Å². The van der Waals surface area contributed by atoms with E-state index >= 15 is 0 Å². The largest absolute Gasteiger partial charge is 0.490 e. The average molecular weight is 262 g/mol. The van der Waals surface area contributed by atoms with Crippen LogP contribution in [-0.4, -0.2) is 48.6 Å². The van der Waals surface area contributed by atoms with Crippen molar-refractivity contribution in [2.75, 3.05) is 32.8 Å². The molecule has 19 heavy (non-hydrogen) atoms. The van der Waals surface area contributed by atoms with Crippen molar-refractivity contribution in [3.8, 4) is 5.75 Å². The number of nitrogens with zero attached hydrogens (tertiary/aromatic N) is 3. The van der Waals surface area contributed by atoms with Gasteiger partial charge >= 0.3 is 0 Å². The zero-order valence-electron chi connectivity index (χ0n) is 11.5. The van der Waals surface area contributed by atoms with Gasteiger partial charge in [0.15, 0.2) is 5.96 Å². The number of hydrogen-bond donors (Lipinski definition) is 1. The molecule has 1 aliphatic heterocycles. The maximum Gasteiger partial charge on any atom is 0.194 e. The lowest BCUT2D eigenvalue weighted by atomic mass is 10.4. The first kappa shape index (κ1) is 13.6. The van der Waals surface area contributed by atoms with Crippen LogP contribution in [0.4, 0.5) is 0 Å². The molecule has 1 N–H and O–H groups in total. The number of pyridine rings is 1. The maximum absolute atomic E-state index is 5.58. The number of hydrogen-bond acceptors (Lipinski definition) is 3. The molecule has 104 valence electrons. The van der Waals surface area contributed by atoms with E-state index in [0.29, 0.717) is 13.2 Å². The minimum atomic E-state index is 0.578. The fourth-order valence-corrected chi connectivity index (χ4v) is 2.10. The van der Waals surface area contributed by atoms with Crippen LogP contribution in [0.2, 0.25) is 0 Å². The number of ether oxygens (including phenoxy) is 1. The van der Waals surface area contributed by atoms with E-state index in [2.05, 4.69) is 27.1 Å². The first-order valence-corrected chi connectivity index (χ1v) is 6.96. The third-order valence-corrected chi connectivity index (χ3v) is 3.00. The molecule has 1 aromatic heterocycles. The molecule has 0 unspecified atom stereocenters. The molecule has 0 atom stereocenters. The molecule has 0 amide bonds. The van der Waals surface area contributed by atoms with Crippen LogP contribution in [0.15, 0.2) is 29.5 Å². The smallest absolute Gasteiger partial charge is 0.194 e. The summed E-state index contributed by atoms with van der Waals surface area (Å²) in [4.78, 5) is 10.9. The molecule has 0 saturated carbocycles. The van der Waals surface area contributed by atoms with E-state index in [1.807, 2.05) is 12.1 Å². The number of nitrogens with one attached hydrogen (secondary N) is 1. The fourth-order valence-electron chi connectivity index (χ4n) is 2.10. The molecule has 1 aromatic rings. The first-order chi connectivity index (χ1) is 9.40. The Hall–Kier alpha value is -1.78. The van der Waals surface area contributed by atoms with Crippen molar-refractivity contribution >= 4 is 5.96 Å². The summed E-state index contributed by atoms with van der Waals surface area (Å²) in [5.74, 6) is 1.80. The van der Waals surface area contributed by atoms with E-state index in [9.17, 15) is 0 Å². The summed E-state index contributed by atoms with van der Waals surface area (Å²) >= 11 is 0. The molecular weight excluding hydrogens is 240 g/mol. The van der Waals surface area contributed by atoms with Gasteiger partial charge in [0.25, 0.3) is 0 Å². The van der Waals surface area contributed by atoms with E-state index in [1.54, 1.807) is 12.4 Å². The zero-order chi connectivity index (χ0) is 13.3. The molecule has 1 fully saturated rings. The summed E-state index contributed by atoms with van der Waals surface area (Å²) in [5, 5.41) is 3.33. The van der Waals surface area contributed by atoms with Gasteiger partial charge in [0.05, 0.1) is 12.7 Å². The number of aliphatic imine (C=N–C) groups is 1. The molecule has 0 aromatic carbocycles. The number of guanidine groups is 1. The standard InChI is InChI=1S/C14H22N4O/c1-2-16-14(18-9-3-4-10-18)17-8-11-19-13-6-5-7-15-12-13/h5-7,12H,2-4,8-11H2,1H3,(H,16,17). The van der Waals surface area contributed by atoms with Crippen LogP contribution in [0.25, 0.3) is 0 Å². The monoisotopic (exact) mass is 262 g/mol. The second kappa shape index (κ2) is 7.61. The van der Waals surface area contributed by atoms with Crippen LogP contribution in [0.1, 0.15) is 19.8 Å². The number of aromatic nitrogens is 1. The van der Waals surface area contributed by atoms with Crippen LogP contribution in [0.3, 0.4) is 0 Å². The quantitative estimate of drug-likeness (QED) is 0.496. The number of rotatable bonds is 5. The lowest BCUT2D eigenvalue weighted by molar-refractivity contribution is 0.326. The third kappa shape index (κ3) is 4.43. The normalized spacial score (nSPS) is 15.6. The SMILES string of the molecule is CCNC(=NCCOc1cccnc1)N1CCCC1. The van der Waals surface area contributed by atoms with Crippen molar-refractivity contribution in [2.45, 2.75) is 19.8 Å². The molecule has 5 heteroatoms. The van der Waals surface area contributed by atoms with Gasteiger partial charge in [-0.1, -0.05) is 0 Å². The molecule has 2 rings (SSSR count). The van der Waals surface area contributed by atoms with Crippen LogP contribution in [-0.2, 0) is 0 Å². The Morgan fingerprint density at radius 3 is 3.00 bits per heavy atom. The van der Waals surface area contributed by atoms with Crippen LogP contribution in [0.5, 0.6) is 5.75 Å². The zero-order valence-corrected chi connectivity index (χ0v) is 11.5. The molecule has 1 saturated heterocycles. The van der Waals surface area contributed by atoms with Crippen molar-refractivity contribution < 1.29 is 4.74 Å². The topological polar surface area (TPSA) is 49.8 Å². The summed E-state index contributed by atoms with van der Waals surface area (Å²) in [6, 6.07) is 3.77. The van der Waals surface area contributed by atoms with Crippen molar-refractivity contribution in [2.24, 2.45) is 4.99 Å². The highest BCUT2D eigenvalue weighted by Crippen LogP contribution is 2.08. The van der Waals surface area contributed by atoms with Crippen LogP contribution < -0.4 is 10.1 Å². The van der Waals surface area contributed by atoms with Gasteiger partial charge in [-0.25, -0.2) is 4.99 Å². The molecule has 0 aliphatic carbocycles. The lowest BCUT2D eigenvalue weighted by Gasteiger charge is -2.20. The summed E-state index contributed by atoms with van der Waals surface area (Å²) in [6.45, 7) is 6.45. The van der Waals surface area contributed by atoms with Gasteiger partial charge in [0.1, 0.15) is 12.4 Å². The second-order valence-corrected chi connectivity index (χ2v) is 4.47. The predicted molar refractivity (Wildman–Crippen MR) is 76.5 cm³/mol. The van der Waals surface area contributed by atoms with Gasteiger partial charge in [-0.3, -0.25) is 4.98 Å². The molecule has 0 radical (unpaired) electrons. The lowest BCUT2D eigenvalue weighted by Crippen LogP contribution is -2.39. The molecule has 0 spiro atoms. The van der Waals surface area contributed by atoms with Crippen molar-refractivity contribution in [1.82, 2.24) is 15.2 Å². The Kier molecular flexibility index (Phi) is 5.47. The van der Waals surface area contributed by atoms with E-state index in [-0.39, 0.29) is 0 Å². The molecule has 0 bridgehead atoms. The van der Waals surface area contributed by atoms with E-state index in [4.69, 9.17) is 4.74 Å².